The molecule has 0 atom stereocenters. The van der Waals surface area contributed by atoms with Crippen molar-refractivity contribution >= 4 is 24.5 Å². The summed E-state index contributed by atoms with van der Waals surface area (Å²) in [6.45, 7) is 0.789. The summed E-state index contributed by atoms with van der Waals surface area (Å²) in [6, 6.07) is 17.4. The highest BCUT2D eigenvalue weighted by atomic mass is 16.5. The molecule has 0 aliphatic rings. The zero-order chi connectivity index (χ0) is 17.7. The minimum atomic E-state index is -0.413. The molecule has 1 N–H and O–H groups in total. The maximum absolute atomic E-state index is 11.6. The quantitative estimate of drug-likeness (QED) is 0.446. The number of hydrogen-bond donors (Lipinski definition) is 1. The zero-order valence-electron chi connectivity index (χ0n) is 13.9. The number of aldehydes is 1. The van der Waals surface area contributed by atoms with Crippen LogP contribution >= 0.6 is 0 Å². The third-order valence-electron chi connectivity index (χ3n) is 3.41. The highest BCUT2D eigenvalue weighted by molar-refractivity contribution is 5.74. The van der Waals surface area contributed by atoms with Crippen molar-refractivity contribution in [3.05, 3.63) is 83.4 Å². The Balaban J connectivity index is 1.64. The summed E-state index contributed by atoms with van der Waals surface area (Å²) < 4.78 is 5.13. The lowest BCUT2D eigenvalue weighted by Gasteiger charge is -2.05. The smallest absolute Gasteiger partial charge is 0.407 e. The summed E-state index contributed by atoms with van der Waals surface area (Å²) in [6.07, 6.45) is 8.26. The Bertz CT molecular complexity index is 719. The summed E-state index contributed by atoms with van der Waals surface area (Å²) in [4.78, 5) is 21.9. The van der Waals surface area contributed by atoms with Gasteiger partial charge in [0.1, 0.15) is 12.9 Å². The molecule has 0 heterocycles. The number of alkyl carbamates (subject to hydrolysis) is 1. The van der Waals surface area contributed by atoms with Gasteiger partial charge in [-0.05, 0) is 29.2 Å². The van der Waals surface area contributed by atoms with Gasteiger partial charge in [0.15, 0.2) is 0 Å². The van der Waals surface area contributed by atoms with Crippen LogP contribution in [-0.4, -0.2) is 18.9 Å². The van der Waals surface area contributed by atoms with Crippen molar-refractivity contribution in [3.8, 4) is 0 Å². The molecule has 0 bridgehead atoms. The molecule has 2 aromatic rings. The lowest BCUT2D eigenvalue weighted by atomic mass is 10.1. The molecule has 128 valence electrons. The number of benzene rings is 2. The standard InChI is InChI=1S/C21H21NO3/c23-16-6-10-19-13-11-18(12-14-19)7-4-5-15-22-21(24)25-17-20-8-2-1-3-9-20/h1-4,6-14,16H,5,15,17H2,(H,22,24)/b7-4?,10-6+. The lowest BCUT2D eigenvalue weighted by molar-refractivity contribution is -0.104. The Morgan fingerprint density at radius 2 is 1.64 bits per heavy atom. The Morgan fingerprint density at radius 1 is 0.960 bits per heavy atom. The van der Waals surface area contributed by atoms with Gasteiger partial charge in [0, 0.05) is 6.54 Å². The number of carbonyl (C=O) groups is 2. The second-order valence-corrected chi connectivity index (χ2v) is 5.34. The van der Waals surface area contributed by atoms with Crippen molar-refractivity contribution in [1.82, 2.24) is 5.32 Å². The van der Waals surface area contributed by atoms with Crippen LogP contribution in [0, 0.1) is 0 Å². The van der Waals surface area contributed by atoms with Gasteiger partial charge < -0.3 is 10.1 Å². The van der Waals surface area contributed by atoms with E-state index in [-0.39, 0.29) is 6.61 Å². The van der Waals surface area contributed by atoms with Gasteiger partial charge >= 0.3 is 6.09 Å². The third kappa shape index (κ3) is 7.31. The van der Waals surface area contributed by atoms with Gasteiger partial charge in [0.05, 0.1) is 0 Å². The fraction of sp³-hybridized carbons (Fsp3) is 0.143. The first-order valence-electron chi connectivity index (χ1n) is 8.11. The Labute approximate surface area is 147 Å². The van der Waals surface area contributed by atoms with E-state index < -0.39 is 6.09 Å². The van der Waals surface area contributed by atoms with Gasteiger partial charge in [0.25, 0.3) is 0 Å². The highest BCUT2D eigenvalue weighted by Crippen LogP contribution is 2.08. The van der Waals surface area contributed by atoms with E-state index in [0.29, 0.717) is 13.0 Å². The number of hydrogen-bond acceptors (Lipinski definition) is 3. The van der Waals surface area contributed by atoms with Crippen LogP contribution in [-0.2, 0) is 16.1 Å². The van der Waals surface area contributed by atoms with Gasteiger partial charge in [-0.2, -0.15) is 0 Å². The maximum Gasteiger partial charge on any atom is 0.407 e. The van der Waals surface area contributed by atoms with E-state index in [1.54, 1.807) is 6.08 Å². The first-order chi connectivity index (χ1) is 12.3. The van der Waals surface area contributed by atoms with E-state index in [1.807, 2.05) is 66.7 Å². The average Bonchev–Trinajstić information content (AvgIpc) is 2.66. The Kier molecular flexibility index (Phi) is 7.72. The molecule has 0 spiro atoms. The maximum atomic E-state index is 11.6. The molecule has 0 saturated heterocycles. The Morgan fingerprint density at radius 3 is 2.32 bits per heavy atom. The molecule has 0 unspecified atom stereocenters. The van der Waals surface area contributed by atoms with Crippen molar-refractivity contribution in [3.63, 3.8) is 0 Å². The summed E-state index contributed by atoms with van der Waals surface area (Å²) in [5, 5.41) is 2.72. The molecule has 0 aliphatic carbocycles. The predicted molar refractivity (Wildman–Crippen MR) is 99.8 cm³/mol. The first-order valence-corrected chi connectivity index (χ1v) is 8.11. The molecule has 25 heavy (non-hydrogen) atoms. The van der Waals surface area contributed by atoms with Crippen molar-refractivity contribution in [2.24, 2.45) is 0 Å². The molecular formula is C21H21NO3. The van der Waals surface area contributed by atoms with Gasteiger partial charge in [-0.15, -0.1) is 0 Å². The van der Waals surface area contributed by atoms with Crippen molar-refractivity contribution in [2.75, 3.05) is 6.54 Å². The van der Waals surface area contributed by atoms with Crippen LogP contribution in [0.5, 0.6) is 0 Å². The van der Waals surface area contributed by atoms with Gasteiger partial charge in [-0.25, -0.2) is 4.79 Å². The monoisotopic (exact) mass is 335 g/mol. The molecule has 4 nitrogen and oxygen atoms in total. The van der Waals surface area contributed by atoms with Crippen LogP contribution in [0.4, 0.5) is 4.79 Å². The molecule has 0 aliphatic heterocycles. The number of rotatable bonds is 8. The van der Waals surface area contributed by atoms with Crippen LogP contribution in [0.3, 0.4) is 0 Å². The normalized spacial score (nSPS) is 10.9. The fourth-order valence-electron chi connectivity index (χ4n) is 2.12. The SMILES string of the molecule is O=C/C=C/c1ccc(C=CCCNC(=O)OCc2ccccc2)cc1. The largest absolute Gasteiger partial charge is 0.445 e. The molecule has 1 amide bonds. The second kappa shape index (κ2) is 10.6. The molecule has 0 saturated carbocycles. The molecular weight excluding hydrogens is 314 g/mol. The minimum absolute atomic E-state index is 0.271. The summed E-state index contributed by atoms with van der Waals surface area (Å²) >= 11 is 0. The van der Waals surface area contributed by atoms with E-state index >= 15 is 0 Å². The van der Waals surface area contributed by atoms with Crippen LogP contribution in [0.15, 0.2) is 66.7 Å². The molecule has 2 aromatic carbocycles. The molecule has 4 heteroatoms. The third-order valence-corrected chi connectivity index (χ3v) is 3.41. The minimum Gasteiger partial charge on any atom is -0.445 e. The van der Waals surface area contributed by atoms with Crippen LogP contribution < -0.4 is 5.32 Å². The molecule has 0 aromatic heterocycles. The molecule has 0 fully saturated rings. The Hall–Kier alpha value is -3.14. The van der Waals surface area contributed by atoms with Crippen LogP contribution in [0.25, 0.3) is 12.2 Å². The average molecular weight is 335 g/mol. The van der Waals surface area contributed by atoms with E-state index in [2.05, 4.69) is 5.32 Å². The van der Waals surface area contributed by atoms with E-state index in [0.717, 1.165) is 23.0 Å². The van der Waals surface area contributed by atoms with Gasteiger partial charge in [-0.1, -0.05) is 72.8 Å². The van der Waals surface area contributed by atoms with Crippen molar-refractivity contribution in [2.45, 2.75) is 13.0 Å². The van der Waals surface area contributed by atoms with Crippen molar-refractivity contribution < 1.29 is 14.3 Å². The summed E-state index contributed by atoms with van der Waals surface area (Å²) in [5.41, 5.74) is 3.01. The molecule has 2 rings (SSSR count). The summed E-state index contributed by atoms with van der Waals surface area (Å²) in [7, 11) is 0. The fourth-order valence-corrected chi connectivity index (χ4v) is 2.12. The van der Waals surface area contributed by atoms with Crippen molar-refractivity contribution in [1.29, 1.82) is 0 Å². The van der Waals surface area contributed by atoms with Gasteiger partial charge in [-0.3, -0.25) is 4.79 Å². The van der Waals surface area contributed by atoms with Gasteiger partial charge in [0.2, 0.25) is 0 Å². The zero-order valence-corrected chi connectivity index (χ0v) is 13.9. The predicted octanol–water partition coefficient (Wildman–Crippen LogP) is 4.23. The van der Waals surface area contributed by atoms with E-state index in [9.17, 15) is 9.59 Å². The van der Waals surface area contributed by atoms with E-state index in [1.165, 1.54) is 6.08 Å². The second-order valence-electron chi connectivity index (χ2n) is 5.34. The lowest BCUT2D eigenvalue weighted by Crippen LogP contribution is -2.24. The number of ether oxygens (including phenoxy) is 1. The molecule has 0 radical (unpaired) electrons. The number of allylic oxidation sites excluding steroid dienone is 1. The number of nitrogens with one attached hydrogen (secondary N) is 1. The summed E-state index contributed by atoms with van der Waals surface area (Å²) in [5.74, 6) is 0. The number of carbonyl (C=O) groups excluding carboxylic acids is 2. The number of amides is 1. The first kappa shape index (κ1) is 18.2. The van der Waals surface area contributed by atoms with E-state index in [4.69, 9.17) is 4.74 Å². The van der Waals surface area contributed by atoms with Crippen LogP contribution in [0.1, 0.15) is 23.1 Å². The highest BCUT2D eigenvalue weighted by Gasteiger charge is 2.00. The van der Waals surface area contributed by atoms with Crippen LogP contribution in [0.2, 0.25) is 0 Å². The topological polar surface area (TPSA) is 55.4 Å².